The van der Waals surface area contributed by atoms with Crippen molar-refractivity contribution in [3.63, 3.8) is 0 Å². The van der Waals surface area contributed by atoms with E-state index < -0.39 is 0 Å². The number of benzene rings is 2. The second-order valence-corrected chi connectivity index (χ2v) is 5.13. The SMILES string of the molecule is c1ccc2c(C[NH+]3CCCCC3)cccc2c1. The molecule has 2 aromatic carbocycles. The Morgan fingerprint density at radius 3 is 2.47 bits per heavy atom. The second-order valence-electron chi connectivity index (χ2n) is 5.13. The molecule has 1 fully saturated rings. The van der Waals surface area contributed by atoms with E-state index in [0.29, 0.717) is 0 Å². The van der Waals surface area contributed by atoms with Gasteiger partial charge in [0.1, 0.15) is 6.54 Å². The predicted molar refractivity (Wildman–Crippen MR) is 72.2 cm³/mol. The van der Waals surface area contributed by atoms with Crippen LogP contribution in [0.25, 0.3) is 10.8 Å². The minimum atomic E-state index is 1.20. The highest BCUT2D eigenvalue weighted by Gasteiger charge is 2.14. The van der Waals surface area contributed by atoms with Crippen molar-refractivity contribution < 1.29 is 4.90 Å². The molecule has 17 heavy (non-hydrogen) atoms. The van der Waals surface area contributed by atoms with Gasteiger partial charge in [-0.3, -0.25) is 0 Å². The van der Waals surface area contributed by atoms with E-state index >= 15 is 0 Å². The maximum atomic E-state index is 2.30. The monoisotopic (exact) mass is 226 g/mol. The Kier molecular flexibility index (Phi) is 3.10. The van der Waals surface area contributed by atoms with Crippen molar-refractivity contribution in [3.05, 3.63) is 48.0 Å². The lowest BCUT2D eigenvalue weighted by Crippen LogP contribution is -3.11. The molecular formula is C16H20N+. The molecule has 1 nitrogen and oxygen atoms in total. The fourth-order valence-corrected chi connectivity index (χ4v) is 2.94. The third-order valence-corrected chi connectivity index (χ3v) is 3.88. The predicted octanol–water partition coefficient (Wildman–Crippen LogP) is 2.41. The van der Waals surface area contributed by atoms with Crippen molar-refractivity contribution in [2.24, 2.45) is 0 Å². The molecule has 0 atom stereocenters. The minimum Gasteiger partial charge on any atom is -0.331 e. The summed E-state index contributed by atoms with van der Waals surface area (Å²) in [6.07, 6.45) is 4.24. The quantitative estimate of drug-likeness (QED) is 0.802. The highest BCUT2D eigenvalue weighted by atomic mass is 15.1. The molecule has 0 aliphatic carbocycles. The maximum Gasteiger partial charge on any atom is 0.103 e. The van der Waals surface area contributed by atoms with Crippen LogP contribution in [-0.4, -0.2) is 13.1 Å². The van der Waals surface area contributed by atoms with Crippen LogP contribution < -0.4 is 4.90 Å². The van der Waals surface area contributed by atoms with Crippen LogP contribution >= 0.6 is 0 Å². The molecular weight excluding hydrogens is 206 g/mol. The zero-order valence-corrected chi connectivity index (χ0v) is 10.3. The van der Waals surface area contributed by atoms with Crippen molar-refractivity contribution in [2.75, 3.05) is 13.1 Å². The Morgan fingerprint density at radius 2 is 1.59 bits per heavy atom. The van der Waals surface area contributed by atoms with E-state index in [4.69, 9.17) is 0 Å². The summed E-state index contributed by atoms with van der Waals surface area (Å²) < 4.78 is 0. The molecule has 0 aromatic heterocycles. The van der Waals surface area contributed by atoms with Crippen LogP contribution in [0, 0.1) is 0 Å². The molecule has 1 heteroatoms. The van der Waals surface area contributed by atoms with Crippen LogP contribution in [0.1, 0.15) is 24.8 Å². The molecule has 1 heterocycles. The van der Waals surface area contributed by atoms with Gasteiger partial charge in [0.15, 0.2) is 0 Å². The summed E-state index contributed by atoms with van der Waals surface area (Å²) in [6, 6.07) is 15.4. The van der Waals surface area contributed by atoms with Gasteiger partial charge in [-0.25, -0.2) is 0 Å². The summed E-state index contributed by atoms with van der Waals surface area (Å²) in [5.74, 6) is 0. The third-order valence-electron chi connectivity index (χ3n) is 3.88. The number of piperidine rings is 1. The number of fused-ring (bicyclic) bond motifs is 1. The fraction of sp³-hybridized carbons (Fsp3) is 0.375. The van der Waals surface area contributed by atoms with Gasteiger partial charge in [0.2, 0.25) is 0 Å². The van der Waals surface area contributed by atoms with Crippen LogP contribution in [0.3, 0.4) is 0 Å². The average Bonchev–Trinajstić information content (AvgIpc) is 2.40. The first kappa shape index (κ1) is 10.8. The van der Waals surface area contributed by atoms with E-state index in [1.807, 2.05) is 0 Å². The molecule has 88 valence electrons. The lowest BCUT2D eigenvalue weighted by molar-refractivity contribution is -0.918. The minimum absolute atomic E-state index is 1.20. The second kappa shape index (κ2) is 4.89. The van der Waals surface area contributed by atoms with E-state index in [1.165, 1.54) is 55.2 Å². The number of hydrogen-bond donors (Lipinski definition) is 1. The molecule has 0 saturated carbocycles. The number of rotatable bonds is 2. The summed E-state index contributed by atoms with van der Waals surface area (Å²) in [4.78, 5) is 1.76. The first-order valence-electron chi connectivity index (χ1n) is 6.74. The van der Waals surface area contributed by atoms with Crippen molar-refractivity contribution in [3.8, 4) is 0 Å². The van der Waals surface area contributed by atoms with Gasteiger partial charge in [0, 0.05) is 5.56 Å². The summed E-state index contributed by atoms with van der Waals surface area (Å²) in [5.41, 5.74) is 1.51. The Balaban J connectivity index is 1.89. The first-order valence-corrected chi connectivity index (χ1v) is 6.74. The van der Waals surface area contributed by atoms with Gasteiger partial charge >= 0.3 is 0 Å². The van der Waals surface area contributed by atoms with Crippen LogP contribution in [0.4, 0.5) is 0 Å². The van der Waals surface area contributed by atoms with E-state index in [1.54, 1.807) is 4.90 Å². The molecule has 1 saturated heterocycles. The van der Waals surface area contributed by atoms with Gasteiger partial charge in [-0.05, 0) is 30.0 Å². The number of nitrogens with one attached hydrogen (secondary N) is 1. The Bertz CT molecular complexity index is 492. The standard InChI is InChI=1S/C16H19N/c1-4-11-17(12-5-1)13-15-9-6-8-14-7-2-3-10-16(14)15/h2-3,6-10H,1,4-5,11-13H2/p+1. The molecule has 0 spiro atoms. The molecule has 0 amide bonds. The summed E-state index contributed by atoms with van der Waals surface area (Å²) in [7, 11) is 0. The zero-order valence-electron chi connectivity index (χ0n) is 10.3. The molecule has 0 bridgehead atoms. The van der Waals surface area contributed by atoms with Gasteiger partial charge in [0.05, 0.1) is 13.1 Å². The number of quaternary nitrogens is 1. The van der Waals surface area contributed by atoms with Crippen molar-refractivity contribution in [1.82, 2.24) is 0 Å². The smallest absolute Gasteiger partial charge is 0.103 e. The number of likely N-dealkylation sites (tertiary alicyclic amines) is 1. The Morgan fingerprint density at radius 1 is 0.824 bits per heavy atom. The van der Waals surface area contributed by atoms with E-state index in [2.05, 4.69) is 42.5 Å². The Hall–Kier alpha value is -1.34. The highest BCUT2D eigenvalue weighted by molar-refractivity contribution is 5.85. The van der Waals surface area contributed by atoms with E-state index in [9.17, 15) is 0 Å². The summed E-state index contributed by atoms with van der Waals surface area (Å²) in [5, 5.41) is 2.81. The van der Waals surface area contributed by atoms with Gasteiger partial charge in [0.25, 0.3) is 0 Å². The van der Waals surface area contributed by atoms with Crippen molar-refractivity contribution in [1.29, 1.82) is 0 Å². The molecule has 1 N–H and O–H groups in total. The lowest BCUT2D eigenvalue weighted by atomic mass is 10.0. The van der Waals surface area contributed by atoms with Gasteiger partial charge in [-0.1, -0.05) is 42.5 Å². The molecule has 0 unspecified atom stereocenters. The molecule has 1 aliphatic heterocycles. The highest BCUT2D eigenvalue weighted by Crippen LogP contribution is 2.17. The van der Waals surface area contributed by atoms with Crippen LogP contribution in [0.15, 0.2) is 42.5 Å². The zero-order chi connectivity index (χ0) is 11.5. The topological polar surface area (TPSA) is 4.44 Å². The molecule has 0 radical (unpaired) electrons. The maximum absolute atomic E-state index is 2.30. The van der Waals surface area contributed by atoms with Crippen molar-refractivity contribution >= 4 is 10.8 Å². The molecule has 1 aliphatic rings. The van der Waals surface area contributed by atoms with Crippen LogP contribution in [0.2, 0.25) is 0 Å². The normalized spacial score (nSPS) is 17.4. The van der Waals surface area contributed by atoms with Crippen LogP contribution in [-0.2, 0) is 6.54 Å². The summed E-state index contributed by atoms with van der Waals surface area (Å²) >= 11 is 0. The lowest BCUT2D eigenvalue weighted by Gasteiger charge is -2.24. The average molecular weight is 226 g/mol. The van der Waals surface area contributed by atoms with Gasteiger partial charge in [-0.2, -0.15) is 0 Å². The van der Waals surface area contributed by atoms with E-state index in [-0.39, 0.29) is 0 Å². The Labute approximate surface area is 103 Å². The largest absolute Gasteiger partial charge is 0.331 e. The molecule has 3 rings (SSSR count). The first-order chi connectivity index (χ1) is 8.43. The number of hydrogen-bond acceptors (Lipinski definition) is 0. The summed E-state index contributed by atoms with van der Waals surface area (Å²) in [6.45, 7) is 3.90. The third kappa shape index (κ3) is 2.34. The van der Waals surface area contributed by atoms with Crippen LogP contribution in [0.5, 0.6) is 0 Å². The molecule has 2 aromatic rings. The van der Waals surface area contributed by atoms with Gasteiger partial charge < -0.3 is 4.90 Å². The van der Waals surface area contributed by atoms with E-state index in [0.717, 1.165) is 0 Å². The van der Waals surface area contributed by atoms with Crippen molar-refractivity contribution in [2.45, 2.75) is 25.8 Å². The van der Waals surface area contributed by atoms with Gasteiger partial charge in [-0.15, -0.1) is 0 Å². The fourth-order valence-electron chi connectivity index (χ4n) is 2.94.